The highest BCUT2D eigenvalue weighted by Gasteiger charge is 2.27. The van der Waals surface area contributed by atoms with E-state index in [1.165, 1.54) is 29.7 Å². The molecule has 0 radical (unpaired) electrons. The Morgan fingerprint density at radius 3 is 2.39 bits per heavy atom. The van der Waals surface area contributed by atoms with Crippen molar-refractivity contribution in [3.63, 3.8) is 0 Å². The highest BCUT2D eigenvalue weighted by molar-refractivity contribution is 7.90. The van der Waals surface area contributed by atoms with E-state index in [9.17, 15) is 21.6 Å². The molecule has 2 aromatic carbocycles. The summed E-state index contributed by atoms with van der Waals surface area (Å²) in [5.74, 6) is -4.21. The van der Waals surface area contributed by atoms with Crippen molar-refractivity contribution in [1.82, 2.24) is 15.0 Å². The van der Waals surface area contributed by atoms with Crippen molar-refractivity contribution in [2.75, 3.05) is 18.0 Å². The summed E-state index contributed by atoms with van der Waals surface area (Å²) in [6.07, 6.45) is 3.58. The number of benzene rings is 2. The molecule has 1 fully saturated rings. The molecule has 0 aliphatic carbocycles. The molecule has 3 heterocycles. The first-order valence-corrected chi connectivity index (χ1v) is 13.8. The number of hydrogen-bond acceptors (Lipinski definition) is 7. The summed E-state index contributed by atoms with van der Waals surface area (Å²) in [7, 11) is -4.53. The Bertz CT molecular complexity index is 1540. The molecule has 36 heavy (non-hydrogen) atoms. The lowest BCUT2D eigenvalue weighted by Crippen LogP contribution is -2.17. The number of sulfone groups is 1. The molecule has 5 rings (SSSR count). The van der Waals surface area contributed by atoms with Gasteiger partial charge < -0.3 is 4.90 Å². The Morgan fingerprint density at radius 1 is 0.972 bits per heavy atom. The molecule has 0 amide bonds. The summed E-state index contributed by atoms with van der Waals surface area (Å²) in [5, 5.41) is 0.798. The molecule has 12 heteroatoms. The van der Waals surface area contributed by atoms with E-state index in [1.807, 2.05) is 0 Å². The molecule has 186 valence electrons. The van der Waals surface area contributed by atoms with Crippen LogP contribution < -0.4 is 4.90 Å². The van der Waals surface area contributed by atoms with E-state index < -0.39 is 37.9 Å². The molecule has 0 saturated carbocycles. The molecule has 6 nitrogen and oxygen atoms in total. The molecule has 0 unspecified atom stereocenters. The lowest BCUT2D eigenvalue weighted by Gasteiger charge is -2.12. The maximum Gasteiger partial charge on any atom is 0.222 e. The normalized spacial score (nSPS) is 13.9. The minimum atomic E-state index is -4.53. The molecule has 0 bridgehead atoms. The predicted molar refractivity (Wildman–Crippen MR) is 132 cm³/mol. The van der Waals surface area contributed by atoms with Gasteiger partial charge in [0.25, 0.3) is 0 Å². The third kappa shape index (κ3) is 4.82. The van der Waals surface area contributed by atoms with E-state index in [0.717, 1.165) is 55.3 Å². The minimum absolute atomic E-state index is 0.0485. The second kappa shape index (κ2) is 9.79. The molecule has 4 aromatic rings. The van der Waals surface area contributed by atoms with Crippen LogP contribution in [0.4, 0.5) is 18.3 Å². The Morgan fingerprint density at radius 2 is 1.69 bits per heavy atom. The number of anilines is 1. The topological polar surface area (TPSA) is 76.1 Å². The van der Waals surface area contributed by atoms with E-state index in [-0.39, 0.29) is 10.8 Å². The zero-order chi connectivity index (χ0) is 25.4. The second-order valence-corrected chi connectivity index (χ2v) is 11.4. The van der Waals surface area contributed by atoms with Gasteiger partial charge in [-0.2, -0.15) is 0 Å². The van der Waals surface area contributed by atoms with Crippen LogP contribution in [0.3, 0.4) is 0 Å². The molecular formula is C24H18ClF3N4O2S2. The first-order chi connectivity index (χ1) is 17.2. The summed E-state index contributed by atoms with van der Waals surface area (Å²) < 4.78 is 68.8. The van der Waals surface area contributed by atoms with Crippen LogP contribution in [0.2, 0.25) is 5.28 Å². The van der Waals surface area contributed by atoms with Gasteiger partial charge in [-0.3, -0.25) is 0 Å². The van der Waals surface area contributed by atoms with Crippen LogP contribution in [0.15, 0.2) is 53.6 Å². The van der Waals surface area contributed by atoms with Crippen LogP contribution >= 0.6 is 22.9 Å². The van der Waals surface area contributed by atoms with Crippen molar-refractivity contribution in [1.29, 1.82) is 0 Å². The number of halogens is 4. The summed E-state index contributed by atoms with van der Waals surface area (Å²) in [6, 6.07) is 8.35. The molecule has 0 atom stereocenters. The highest BCUT2D eigenvalue weighted by atomic mass is 35.5. The fraction of sp³-hybridized carbons (Fsp3) is 0.208. The largest absolute Gasteiger partial charge is 0.348 e. The molecule has 1 aliphatic heterocycles. The molecule has 2 aromatic heterocycles. The SMILES string of the molecule is O=S(=O)(Cc1cc(-c2nc(N3CCCC3)sc2-c2ccnc(Cl)n2)ccc1F)c1c(F)cccc1F. The van der Waals surface area contributed by atoms with Crippen molar-refractivity contribution < 1.29 is 21.6 Å². The zero-order valence-electron chi connectivity index (χ0n) is 18.6. The highest BCUT2D eigenvalue weighted by Crippen LogP contribution is 2.41. The van der Waals surface area contributed by atoms with E-state index in [1.54, 1.807) is 6.07 Å². The maximum absolute atomic E-state index is 14.7. The van der Waals surface area contributed by atoms with Crippen LogP contribution in [-0.4, -0.2) is 36.5 Å². The Labute approximate surface area is 214 Å². The third-order valence-corrected chi connectivity index (χ3v) is 8.77. The molecule has 1 saturated heterocycles. The number of rotatable bonds is 6. The predicted octanol–water partition coefficient (Wildman–Crippen LogP) is 5.91. The minimum Gasteiger partial charge on any atom is -0.348 e. The van der Waals surface area contributed by atoms with Gasteiger partial charge in [-0.25, -0.2) is 36.5 Å². The lowest BCUT2D eigenvalue weighted by atomic mass is 10.1. The Balaban J connectivity index is 1.59. The van der Waals surface area contributed by atoms with Gasteiger partial charge in [0, 0.05) is 30.4 Å². The first kappa shape index (κ1) is 24.7. The first-order valence-electron chi connectivity index (χ1n) is 10.9. The molecular weight excluding hydrogens is 533 g/mol. The average molecular weight is 551 g/mol. The molecule has 0 N–H and O–H groups in total. The summed E-state index contributed by atoms with van der Waals surface area (Å²) in [4.78, 5) is 14.7. The fourth-order valence-electron chi connectivity index (χ4n) is 4.07. The van der Waals surface area contributed by atoms with E-state index in [2.05, 4.69) is 14.9 Å². The summed E-state index contributed by atoms with van der Waals surface area (Å²) in [6.45, 7) is 1.69. The van der Waals surface area contributed by atoms with Crippen molar-refractivity contribution in [3.8, 4) is 21.8 Å². The van der Waals surface area contributed by atoms with Gasteiger partial charge >= 0.3 is 0 Å². The zero-order valence-corrected chi connectivity index (χ0v) is 21.0. The van der Waals surface area contributed by atoms with E-state index in [0.29, 0.717) is 21.8 Å². The lowest BCUT2D eigenvalue weighted by molar-refractivity contribution is 0.518. The van der Waals surface area contributed by atoms with Crippen LogP contribution in [-0.2, 0) is 15.6 Å². The standard InChI is InChI=1S/C24H18ClF3N4O2S2/c25-23-29-9-8-19(30-23)21-20(31-24(35-21)32-10-1-2-11-32)14-6-7-16(26)15(12-14)13-36(33,34)22-17(27)4-3-5-18(22)28/h3-9,12H,1-2,10-11,13H2. The Kier molecular flexibility index (Phi) is 6.71. The number of thiazole rings is 1. The van der Waals surface area contributed by atoms with E-state index in [4.69, 9.17) is 16.6 Å². The van der Waals surface area contributed by atoms with Gasteiger partial charge in [-0.05, 0) is 60.8 Å². The number of aromatic nitrogens is 3. The van der Waals surface area contributed by atoms with Gasteiger partial charge in [0.2, 0.25) is 5.28 Å². The number of nitrogens with zero attached hydrogens (tertiary/aromatic N) is 4. The fourth-order valence-corrected chi connectivity index (χ4v) is 6.83. The smallest absolute Gasteiger partial charge is 0.222 e. The second-order valence-electron chi connectivity index (χ2n) is 8.20. The monoisotopic (exact) mass is 550 g/mol. The van der Waals surface area contributed by atoms with Crippen molar-refractivity contribution in [2.24, 2.45) is 0 Å². The van der Waals surface area contributed by atoms with Crippen LogP contribution in [0, 0.1) is 17.5 Å². The Hall–Kier alpha value is -3.02. The maximum atomic E-state index is 14.7. The van der Waals surface area contributed by atoms with Gasteiger partial charge in [-0.1, -0.05) is 17.4 Å². The average Bonchev–Trinajstić information content (AvgIpc) is 3.50. The molecule has 0 spiro atoms. The summed E-state index contributed by atoms with van der Waals surface area (Å²) >= 11 is 7.40. The molecule has 1 aliphatic rings. The van der Waals surface area contributed by atoms with Crippen LogP contribution in [0.25, 0.3) is 21.8 Å². The van der Waals surface area contributed by atoms with Gasteiger partial charge in [0.1, 0.15) is 22.3 Å². The quantitative estimate of drug-likeness (QED) is 0.278. The van der Waals surface area contributed by atoms with Gasteiger partial charge in [0.15, 0.2) is 15.0 Å². The van der Waals surface area contributed by atoms with Crippen molar-refractivity contribution in [3.05, 3.63) is 77.0 Å². The van der Waals surface area contributed by atoms with Gasteiger partial charge in [0.05, 0.1) is 22.0 Å². The number of hydrogen-bond donors (Lipinski definition) is 0. The van der Waals surface area contributed by atoms with Gasteiger partial charge in [-0.15, -0.1) is 0 Å². The van der Waals surface area contributed by atoms with E-state index >= 15 is 0 Å². The third-order valence-electron chi connectivity index (χ3n) is 5.75. The summed E-state index contributed by atoms with van der Waals surface area (Å²) in [5.41, 5.74) is 1.17. The van der Waals surface area contributed by atoms with Crippen molar-refractivity contribution in [2.45, 2.75) is 23.5 Å². The van der Waals surface area contributed by atoms with Crippen LogP contribution in [0.1, 0.15) is 18.4 Å². The van der Waals surface area contributed by atoms with Crippen molar-refractivity contribution >= 4 is 37.9 Å². The van der Waals surface area contributed by atoms with Crippen LogP contribution in [0.5, 0.6) is 0 Å².